The molecular formula is C10H11BrClNOS. The van der Waals surface area contributed by atoms with Crippen LogP contribution in [-0.2, 0) is 4.79 Å². The van der Waals surface area contributed by atoms with Crippen molar-refractivity contribution in [3.05, 3.63) is 27.7 Å². The molecule has 0 saturated carbocycles. The van der Waals surface area contributed by atoms with E-state index in [-0.39, 0.29) is 5.91 Å². The summed E-state index contributed by atoms with van der Waals surface area (Å²) >= 11 is 10.8. The van der Waals surface area contributed by atoms with E-state index >= 15 is 0 Å². The highest BCUT2D eigenvalue weighted by Gasteiger charge is 2.03. The Morgan fingerprint density at radius 2 is 2.33 bits per heavy atom. The van der Waals surface area contributed by atoms with Gasteiger partial charge in [0.1, 0.15) is 0 Å². The summed E-state index contributed by atoms with van der Waals surface area (Å²) in [5.41, 5.74) is 0.731. The largest absolute Gasteiger partial charge is 0.326 e. The summed E-state index contributed by atoms with van der Waals surface area (Å²) < 4.78 is 0.825. The van der Waals surface area contributed by atoms with Crippen molar-refractivity contribution < 1.29 is 4.79 Å². The third-order valence-electron chi connectivity index (χ3n) is 1.74. The first-order valence-electron chi connectivity index (χ1n) is 4.37. The van der Waals surface area contributed by atoms with Gasteiger partial charge in [0.25, 0.3) is 0 Å². The van der Waals surface area contributed by atoms with E-state index in [1.54, 1.807) is 17.8 Å². The summed E-state index contributed by atoms with van der Waals surface area (Å²) in [6.45, 7) is 0. The first kappa shape index (κ1) is 12.9. The molecule has 1 rings (SSSR count). The molecule has 1 N–H and O–H groups in total. The van der Waals surface area contributed by atoms with Crippen LogP contribution in [0.4, 0.5) is 5.69 Å². The highest BCUT2D eigenvalue weighted by Crippen LogP contribution is 2.25. The number of benzene rings is 1. The number of thioether (sulfide) groups is 1. The Kier molecular flexibility index (Phi) is 5.50. The molecule has 0 fully saturated rings. The fourth-order valence-corrected chi connectivity index (χ4v) is 1.81. The lowest BCUT2D eigenvalue weighted by molar-refractivity contribution is -0.115. The first-order chi connectivity index (χ1) is 7.13. The van der Waals surface area contributed by atoms with Gasteiger partial charge in [0.2, 0.25) is 5.91 Å². The maximum absolute atomic E-state index is 11.4. The average Bonchev–Trinajstić information content (AvgIpc) is 2.20. The minimum absolute atomic E-state index is 0.0164. The maximum Gasteiger partial charge on any atom is 0.225 e. The van der Waals surface area contributed by atoms with E-state index in [1.807, 2.05) is 18.4 Å². The van der Waals surface area contributed by atoms with Crippen molar-refractivity contribution in [2.75, 3.05) is 17.3 Å². The summed E-state index contributed by atoms with van der Waals surface area (Å²) in [5, 5.41) is 3.38. The van der Waals surface area contributed by atoms with Gasteiger partial charge in [-0.1, -0.05) is 11.6 Å². The predicted octanol–water partition coefficient (Wildman–Crippen LogP) is 3.79. The number of hydrogen-bond donors (Lipinski definition) is 1. The average molecular weight is 309 g/mol. The highest BCUT2D eigenvalue weighted by molar-refractivity contribution is 9.10. The van der Waals surface area contributed by atoms with Crippen LogP contribution in [0.3, 0.4) is 0 Å². The number of halogens is 2. The van der Waals surface area contributed by atoms with Crippen LogP contribution in [0.2, 0.25) is 5.02 Å². The van der Waals surface area contributed by atoms with Gasteiger partial charge in [0, 0.05) is 22.3 Å². The molecule has 1 amide bonds. The molecule has 0 saturated heterocycles. The van der Waals surface area contributed by atoms with Gasteiger partial charge in [-0.15, -0.1) is 0 Å². The summed E-state index contributed by atoms with van der Waals surface area (Å²) in [4.78, 5) is 11.4. The molecule has 5 heteroatoms. The lowest BCUT2D eigenvalue weighted by atomic mass is 10.3. The van der Waals surface area contributed by atoms with E-state index < -0.39 is 0 Å². The smallest absolute Gasteiger partial charge is 0.225 e. The van der Waals surface area contributed by atoms with Gasteiger partial charge >= 0.3 is 0 Å². The third-order valence-corrected chi connectivity index (χ3v) is 3.58. The standard InChI is InChI=1S/C10H11BrClNOS/c1-15-5-4-10(14)13-7-2-3-8(11)9(12)6-7/h2-3,6H,4-5H2,1H3,(H,13,14). The topological polar surface area (TPSA) is 29.1 Å². The van der Waals surface area contributed by atoms with Gasteiger partial charge in [-0.3, -0.25) is 4.79 Å². The Hall–Kier alpha value is -0.190. The molecule has 0 unspecified atom stereocenters. The number of hydrogen-bond acceptors (Lipinski definition) is 2. The van der Waals surface area contributed by atoms with Crippen LogP contribution in [0.25, 0.3) is 0 Å². The quantitative estimate of drug-likeness (QED) is 0.917. The molecule has 82 valence electrons. The number of rotatable bonds is 4. The Balaban J connectivity index is 2.57. The second-order valence-electron chi connectivity index (χ2n) is 2.92. The van der Waals surface area contributed by atoms with Crippen LogP contribution in [0.15, 0.2) is 22.7 Å². The summed E-state index contributed by atoms with van der Waals surface area (Å²) in [6.07, 6.45) is 2.50. The number of carbonyl (C=O) groups is 1. The van der Waals surface area contributed by atoms with Crippen LogP contribution in [0.1, 0.15) is 6.42 Å². The summed E-state index contributed by atoms with van der Waals surface area (Å²) in [6, 6.07) is 5.35. The molecule has 1 aromatic rings. The Morgan fingerprint density at radius 1 is 1.60 bits per heavy atom. The molecule has 0 aliphatic carbocycles. The van der Waals surface area contributed by atoms with Crippen molar-refractivity contribution >= 4 is 50.9 Å². The monoisotopic (exact) mass is 307 g/mol. The van der Waals surface area contributed by atoms with E-state index in [9.17, 15) is 4.79 Å². The van der Waals surface area contributed by atoms with E-state index in [4.69, 9.17) is 11.6 Å². The zero-order valence-electron chi connectivity index (χ0n) is 8.22. The Labute approximate surface area is 107 Å². The van der Waals surface area contributed by atoms with Gasteiger partial charge in [-0.05, 0) is 40.4 Å². The molecule has 2 nitrogen and oxygen atoms in total. The van der Waals surface area contributed by atoms with E-state index in [0.29, 0.717) is 11.4 Å². The van der Waals surface area contributed by atoms with Gasteiger partial charge < -0.3 is 5.32 Å². The van der Waals surface area contributed by atoms with Crippen molar-refractivity contribution in [2.45, 2.75) is 6.42 Å². The molecule has 0 heterocycles. The normalized spacial score (nSPS) is 10.1. The number of anilines is 1. The highest BCUT2D eigenvalue weighted by atomic mass is 79.9. The van der Waals surface area contributed by atoms with Crippen LogP contribution < -0.4 is 5.32 Å². The van der Waals surface area contributed by atoms with Crippen molar-refractivity contribution in [1.29, 1.82) is 0 Å². The van der Waals surface area contributed by atoms with Gasteiger partial charge in [0.05, 0.1) is 5.02 Å². The van der Waals surface area contributed by atoms with Crippen LogP contribution in [-0.4, -0.2) is 17.9 Å². The van der Waals surface area contributed by atoms with Crippen molar-refractivity contribution in [1.82, 2.24) is 0 Å². The second-order valence-corrected chi connectivity index (χ2v) is 5.17. The molecule has 0 spiro atoms. The number of carbonyl (C=O) groups excluding carboxylic acids is 1. The fraction of sp³-hybridized carbons (Fsp3) is 0.300. The summed E-state index contributed by atoms with van der Waals surface area (Å²) in [7, 11) is 0. The predicted molar refractivity (Wildman–Crippen MR) is 70.8 cm³/mol. The minimum Gasteiger partial charge on any atom is -0.326 e. The van der Waals surface area contributed by atoms with Gasteiger partial charge in [-0.2, -0.15) is 11.8 Å². The number of amides is 1. The zero-order chi connectivity index (χ0) is 11.3. The van der Waals surface area contributed by atoms with E-state index in [0.717, 1.165) is 15.9 Å². The van der Waals surface area contributed by atoms with Crippen molar-refractivity contribution in [2.24, 2.45) is 0 Å². The van der Waals surface area contributed by atoms with Crippen LogP contribution >= 0.6 is 39.3 Å². The minimum atomic E-state index is 0.0164. The fourth-order valence-electron chi connectivity index (χ4n) is 0.992. The SMILES string of the molecule is CSCCC(=O)Nc1ccc(Br)c(Cl)c1. The number of nitrogens with one attached hydrogen (secondary N) is 1. The van der Waals surface area contributed by atoms with Gasteiger partial charge in [-0.25, -0.2) is 0 Å². The van der Waals surface area contributed by atoms with Crippen molar-refractivity contribution in [3.8, 4) is 0 Å². The first-order valence-corrected chi connectivity index (χ1v) is 6.94. The van der Waals surface area contributed by atoms with E-state index in [1.165, 1.54) is 0 Å². The second kappa shape index (κ2) is 6.40. The Morgan fingerprint density at radius 3 is 2.93 bits per heavy atom. The molecular weight excluding hydrogens is 298 g/mol. The zero-order valence-corrected chi connectivity index (χ0v) is 11.4. The third kappa shape index (κ3) is 4.45. The maximum atomic E-state index is 11.4. The molecule has 0 aliphatic heterocycles. The van der Waals surface area contributed by atoms with E-state index in [2.05, 4.69) is 21.2 Å². The summed E-state index contributed by atoms with van der Waals surface area (Å²) in [5.74, 6) is 0.846. The van der Waals surface area contributed by atoms with Crippen molar-refractivity contribution in [3.63, 3.8) is 0 Å². The van der Waals surface area contributed by atoms with Crippen LogP contribution in [0.5, 0.6) is 0 Å². The molecule has 0 bridgehead atoms. The molecule has 0 aromatic heterocycles. The Bertz CT molecular complexity index is 359. The molecule has 0 aliphatic rings. The lowest BCUT2D eigenvalue weighted by Gasteiger charge is -2.05. The molecule has 15 heavy (non-hydrogen) atoms. The molecule has 0 atom stereocenters. The molecule has 0 radical (unpaired) electrons. The lowest BCUT2D eigenvalue weighted by Crippen LogP contribution is -2.11. The van der Waals surface area contributed by atoms with Crippen LogP contribution in [0, 0.1) is 0 Å². The molecule has 1 aromatic carbocycles. The van der Waals surface area contributed by atoms with Gasteiger partial charge in [0.15, 0.2) is 0 Å².